The van der Waals surface area contributed by atoms with E-state index in [1.54, 1.807) is 0 Å². The van der Waals surface area contributed by atoms with Gasteiger partial charge in [0.05, 0.1) is 19.0 Å². The molecule has 8 N–H and O–H groups in total. The maximum Gasteiger partial charge on any atom is 0.488 e. The minimum absolute atomic E-state index is 0.0185. The summed E-state index contributed by atoms with van der Waals surface area (Å²) in [5.74, 6) is -0.165. The van der Waals surface area contributed by atoms with E-state index in [-0.39, 0.29) is 23.5 Å². The van der Waals surface area contributed by atoms with Crippen LogP contribution in [0.5, 0.6) is 0 Å². The summed E-state index contributed by atoms with van der Waals surface area (Å²) in [6.07, 6.45) is -1.96. The molecule has 174 valence electrons. The molecule has 0 saturated carbocycles. The molecule has 5 atom stereocenters. The van der Waals surface area contributed by atoms with Crippen LogP contribution < -0.4 is 11.3 Å². The molecular weight excluding hydrogens is 507 g/mol. The maximum absolute atomic E-state index is 11.9. The van der Waals surface area contributed by atoms with Gasteiger partial charge in [-0.15, -0.1) is 0 Å². The van der Waals surface area contributed by atoms with Crippen LogP contribution in [-0.2, 0) is 38.8 Å². The Labute approximate surface area is 176 Å². The second-order valence-corrected chi connectivity index (χ2v) is 11.9. The summed E-state index contributed by atoms with van der Waals surface area (Å²) in [6, 6.07) is 0. The third kappa shape index (κ3) is 6.24. The smallest absolute Gasteiger partial charge is 0.390 e. The highest BCUT2D eigenvalue weighted by molar-refractivity contribution is 8.08. The average Bonchev–Trinajstić information content (AvgIpc) is 3.13. The van der Waals surface area contributed by atoms with Crippen molar-refractivity contribution in [3.63, 3.8) is 0 Å². The average molecular weight is 523 g/mol. The number of hydrogen-bond donors (Lipinski definition) is 7. The number of rotatable bonds is 8. The van der Waals surface area contributed by atoms with E-state index in [0.29, 0.717) is 0 Å². The zero-order valence-corrected chi connectivity index (χ0v) is 18.5. The Kier molecular flexibility index (Phi) is 6.87. The van der Waals surface area contributed by atoms with Gasteiger partial charge in [-0.3, -0.25) is 14.3 Å². The second kappa shape index (κ2) is 8.68. The van der Waals surface area contributed by atoms with Gasteiger partial charge in [-0.05, 0) is 11.8 Å². The number of nitrogens with one attached hydrogen (secondary N) is 1. The number of anilines is 1. The Bertz CT molecular complexity index is 1180. The molecule has 1 aliphatic heterocycles. The number of ether oxygens (including phenoxy) is 1. The lowest BCUT2D eigenvalue weighted by atomic mass is 10.2. The van der Waals surface area contributed by atoms with Gasteiger partial charge in [-0.2, -0.15) is 9.29 Å². The third-order valence-electron chi connectivity index (χ3n) is 3.78. The molecule has 1 fully saturated rings. The zero-order chi connectivity index (χ0) is 23.2. The Morgan fingerprint density at radius 1 is 1.32 bits per heavy atom. The summed E-state index contributed by atoms with van der Waals surface area (Å²) in [5, 5.41) is 10.2. The van der Waals surface area contributed by atoms with E-state index < -0.39 is 53.0 Å². The largest absolute Gasteiger partial charge is 0.488 e. The van der Waals surface area contributed by atoms with Gasteiger partial charge in [0.25, 0.3) is 5.56 Å². The van der Waals surface area contributed by atoms with Crippen LogP contribution in [0.1, 0.15) is 12.6 Å². The number of nitrogens with two attached hydrogens (primary N) is 1. The van der Waals surface area contributed by atoms with Crippen molar-refractivity contribution in [2.45, 2.75) is 24.9 Å². The number of hydrogen-bond acceptors (Lipinski definition) is 12. The van der Waals surface area contributed by atoms with Gasteiger partial charge in [0.15, 0.2) is 11.2 Å². The molecule has 5 unspecified atom stereocenters. The van der Waals surface area contributed by atoms with E-state index in [0.717, 1.165) is 0 Å². The first-order valence-electron chi connectivity index (χ1n) is 8.00. The first-order valence-corrected chi connectivity index (χ1v) is 13.6. The number of fused-ring (bicyclic) bond motifs is 1. The predicted molar refractivity (Wildman–Crippen MR) is 104 cm³/mol. The highest BCUT2D eigenvalue weighted by Gasteiger charge is 2.41. The van der Waals surface area contributed by atoms with E-state index >= 15 is 0 Å². The molecule has 0 bridgehead atoms. The quantitative estimate of drug-likeness (QED) is 0.201. The normalized spacial score (nSPS) is 26.0. The van der Waals surface area contributed by atoms with Crippen molar-refractivity contribution >= 4 is 51.3 Å². The molecular formula is C10H16N5O12P3S. The lowest BCUT2D eigenvalue weighted by Crippen LogP contribution is -2.26. The van der Waals surface area contributed by atoms with E-state index in [1.807, 2.05) is 0 Å². The molecule has 2 aromatic rings. The van der Waals surface area contributed by atoms with Gasteiger partial charge < -0.3 is 39.7 Å². The van der Waals surface area contributed by atoms with Gasteiger partial charge in [0, 0.05) is 6.42 Å². The van der Waals surface area contributed by atoms with Crippen molar-refractivity contribution in [2.75, 3.05) is 12.3 Å². The van der Waals surface area contributed by atoms with E-state index in [1.165, 1.54) is 10.9 Å². The number of phosphoric acid groups is 2. The third-order valence-corrected chi connectivity index (χ3v) is 8.50. The molecule has 0 aliphatic carbocycles. The van der Waals surface area contributed by atoms with Crippen molar-refractivity contribution in [3.05, 3.63) is 16.7 Å². The number of nitrogen functional groups attached to an aromatic ring is 1. The van der Waals surface area contributed by atoms with Gasteiger partial charge in [0.2, 0.25) is 5.95 Å². The molecule has 0 amide bonds. The fraction of sp³-hybridized carbons (Fsp3) is 0.500. The summed E-state index contributed by atoms with van der Waals surface area (Å²) < 4.78 is 41.5. The Balaban J connectivity index is 1.67. The number of nitrogens with zero attached hydrogens (tertiary/aromatic N) is 3. The first kappa shape index (κ1) is 24.5. The number of aliphatic hydroxyl groups is 1. The molecule has 21 heteroatoms. The van der Waals surface area contributed by atoms with Crippen molar-refractivity contribution in [2.24, 2.45) is 0 Å². The van der Waals surface area contributed by atoms with Gasteiger partial charge in [-0.1, -0.05) is 0 Å². The van der Waals surface area contributed by atoms with Gasteiger partial charge >= 0.3 is 22.4 Å². The van der Waals surface area contributed by atoms with E-state index in [4.69, 9.17) is 24.8 Å². The van der Waals surface area contributed by atoms with Crippen molar-refractivity contribution in [3.8, 4) is 0 Å². The highest BCUT2D eigenvalue weighted by atomic mass is 32.5. The van der Waals surface area contributed by atoms with Crippen LogP contribution in [0.2, 0.25) is 0 Å². The molecule has 31 heavy (non-hydrogen) atoms. The fourth-order valence-electron chi connectivity index (χ4n) is 2.66. The summed E-state index contributed by atoms with van der Waals surface area (Å²) >= 11 is 4.50. The molecule has 0 spiro atoms. The summed E-state index contributed by atoms with van der Waals surface area (Å²) in [7, 11) is -10.9. The van der Waals surface area contributed by atoms with Gasteiger partial charge in [-0.25, -0.2) is 18.4 Å². The summed E-state index contributed by atoms with van der Waals surface area (Å²) in [4.78, 5) is 58.2. The Morgan fingerprint density at radius 3 is 2.65 bits per heavy atom. The maximum atomic E-state index is 11.9. The van der Waals surface area contributed by atoms with Crippen molar-refractivity contribution < 1.29 is 51.7 Å². The van der Waals surface area contributed by atoms with E-state index in [2.05, 4.69) is 35.4 Å². The summed E-state index contributed by atoms with van der Waals surface area (Å²) in [5.41, 5.74) is 5.01. The molecule has 0 aromatic carbocycles. The van der Waals surface area contributed by atoms with Crippen molar-refractivity contribution in [1.29, 1.82) is 0 Å². The molecule has 17 nitrogen and oxygen atoms in total. The standard InChI is InChI=1S/C10H16N5O12P3S/c11-10-13-8-7(9(17)14-10)12-3-15(8)6-1-4(16)5(25-6)2-24-30(23,31)27-29(21,22)26-28(18,19)20/h3-6,16H,1-2H2,(H,21,22)(H,23,31)(H2,18,19,20)(H3,11,13,14,17). The number of aromatic amines is 1. The summed E-state index contributed by atoms with van der Waals surface area (Å²) in [6.45, 7) is -5.18. The molecule has 3 rings (SSSR count). The van der Waals surface area contributed by atoms with Crippen LogP contribution in [0, 0.1) is 0 Å². The Morgan fingerprint density at radius 2 is 2.00 bits per heavy atom. The first-order chi connectivity index (χ1) is 14.2. The fourth-order valence-corrected chi connectivity index (χ4v) is 6.63. The number of imidazole rings is 1. The monoisotopic (exact) mass is 523 g/mol. The zero-order valence-electron chi connectivity index (χ0n) is 15.0. The van der Waals surface area contributed by atoms with Crippen LogP contribution in [0.15, 0.2) is 11.1 Å². The minimum atomic E-state index is -5.46. The van der Waals surface area contributed by atoms with Crippen LogP contribution in [0.25, 0.3) is 11.2 Å². The molecule has 2 aromatic heterocycles. The lowest BCUT2D eigenvalue weighted by molar-refractivity contribution is -0.0399. The molecule has 1 saturated heterocycles. The number of H-pyrrole nitrogens is 1. The van der Waals surface area contributed by atoms with E-state index in [9.17, 15) is 28.8 Å². The Hall–Kier alpha value is -1.10. The SMILES string of the molecule is Nc1nc2c(ncn2C2CC(O)C(COP(O)(=S)OP(=O)(O)OP(=O)(O)O)O2)c(=O)[nH]1. The molecule has 3 heterocycles. The van der Waals surface area contributed by atoms with Crippen molar-refractivity contribution in [1.82, 2.24) is 19.5 Å². The second-order valence-electron chi connectivity index (χ2n) is 6.09. The van der Waals surface area contributed by atoms with Crippen LogP contribution in [0.4, 0.5) is 5.95 Å². The molecule has 0 radical (unpaired) electrons. The lowest BCUT2D eigenvalue weighted by Gasteiger charge is -2.21. The van der Waals surface area contributed by atoms with Crippen LogP contribution in [-0.4, -0.2) is 63.0 Å². The number of aliphatic hydroxyl groups excluding tert-OH is 1. The topological polar surface area (TPSA) is 262 Å². The minimum Gasteiger partial charge on any atom is -0.390 e. The molecule has 1 aliphatic rings. The number of aromatic nitrogens is 4. The van der Waals surface area contributed by atoms with Crippen LogP contribution in [0.3, 0.4) is 0 Å². The predicted octanol–water partition coefficient (Wildman–Crippen LogP) is -1.19. The van der Waals surface area contributed by atoms with Crippen LogP contribution >= 0.6 is 22.4 Å². The van der Waals surface area contributed by atoms with Gasteiger partial charge in [0.1, 0.15) is 12.3 Å². The highest BCUT2D eigenvalue weighted by Crippen LogP contribution is 2.66.